The predicted molar refractivity (Wildman–Crippen MR) is 100 cm³/mol. The van der Waals surface area contributed by atoms with E-state index in [1.807, 2.05) is 54.7 Å². The molecule has 1 saturated heterocycles. The average Bonchev–Trinajstić information content (AvgIpc) is 2.65. The van der Waals surface area contributed by atoms with E-state index < -0.39 is 0 Å². The van der Waals surface area contributed by atoms with Crippen molar-refractivity contribution >= 4 is 22.5 Å². The van der Waals surface area contributed by atoms with Gasteiger partial charge < -0.3 is 15.0 Å². The molecule has 25 heavy (non-hydrogen) atoms. The monoisotopic (exact) mass is 334 g/mol. The highest BCUT2D eigenvalue weighted by molar-refractivity contribution is 5.78. The molecule has 0 saturated carbocycles. The van der Waals surface area contributed by atoms with Crippen LogP contribution < -0.4 is 10.1 Å². The molecular weight excluding hydrogens is 312 g/mol. The predicted octanol–water partition coefficient (Wildman–Crippen LogP) is 3.85. The summed E-state index contributed by atoms with van der Waals surface area (Å²) < 4.78 is 6.08. The van der Waals surface area contributed by atoms with Crippen molar-refractivity contribution in [3.63, 3.8) is 0 Å². The Labute approximate surface area is 147 Å². The smallest absolute Gasteiger partial charge is 0.227 e. The van der Waals surface area contributed by atoms with Crippen LogP contribution in [0.15, 0.2) is 54.7 Å². The zero-order valence-corrected chi connectivity index (χ0v) is 14.4. The molecule has 2 aromatic carbocycles. The Morgan fingerprint density at radius 1 is 1.04 bits per heavy atom. The molecule has 0 amide bonds. The van der Waals surface area contributed by atoms with Crippen LogP contribution in [0.1, 0.15) is 12.8 Å². The molecule has 2 heterocycles. The van der Waals surface area contributed by atoms with Gasteiger partial charge in [-0.05, 0) is 50.2 Å². The number of rotatable bonds is 4. The fourth-order valence-electron chi connectivity index (χ4n) is 3.07. The number of hydrogen-bond donors (Lipinski definition) is 1. The van der Waals surface area contributed by atoms with E-state index in [0.717, 1.165) is 48.3 Å². The van der Waals surface area contributed by atoms with E-state index >= 15 is 0 Å². The van der Waals surface area contributed by atoms with E-state index in [2.05, 4.69) is 27.2 Å². The van der Waals surface area contributed by atoms with Gasteiger partial charge in [0.05, 0.1) is 5.52 Å². The Bertz CT molecular complexity index is 842. The van der Waals surface area contributed by atoms with Crippen molar-refractivity contribution in [1.29, 1.82) is 0 Å². The van der Waals surface area contributed by atoms with E-state index in [0.29, 0.717) is 12.1 Å². The van der Waals surface area contributed by atoms with Gasteiger partial charge in [-0.25, -0.2) is 9.97 Å². The number of aromatic nitrogens is 2. The SMILES string of the molecule is CN1CCC(Oc2ccc(Nc3ncc4ccccc4n3)cc2)CC1. The lowest BCUT2D eigenvalue weighted by atomic mass is 10.1. The van der Waals surface area contributed by atoms with Crippen molar-refractivity contribution in [2.24, 2.45) is 0 Å². The maximum absolute atomic E-state index is 6.08. The van der Waals surface area contributed by atoms with Crippen LogP contribution in [0.4, 0.5) is 11.6 Å². The van der Waals surface area contributed by atoms with Crippen LogP contribution in [-0.2, 0) is 0 Å². The van der Waals surface area contributed by atoms with Gasteiger partial charge in [0.25, 0.3) is 0 Å². The van der Waals surface area contributed by atoms with Crippen LogP contribution in [0.3, 0.4) is 0 Å². The fraction of sp³-hybridized carbons (Fsp3) is 0.300. The van der Waals surface area contributed by atoms with Gasteiger partial charge in [-0.3, -0.25) is 0 Å². The van der Waals surface area contributed by atoms with Crippen molar-refractivity contribution < 1.29 is 4.74 Å². The van der Waals surface area contributed by atoms with E-state index in [1.54, 1.807) is 0 Å². The molecule has 1 fully saturated rings. The van der Waals surface area contributed by atoms with Crippen LogP contribution in [0.5, 0.6) is 5.75 Å². The van der Waals surface area contributed by atoms with Gasteiger partial charge in [-0.15, -0.1) is 0 Å². The number of anilines is 2. The summed E-state index contributed by atoms with van der Waals surface area (Å²) in [7, 11) is 2.16. The molecule has 1 N–H and O–H groups in total. The van der Waals surface area contributed by atoms with Gasteiger partial charge in [0.15, 0.2) is 0 Å². The van der Waals surface area contributed by atoms with Crippen molar-refractivity contribution in [3.8, 4) is 5.75 Å². The van der Waals surface area contributed by atoms with Crippen LogP contribution >= 0.6 is 0 Å². The standard InChI is InChI=1S/C20H22N4O/c1-24-12-10-18(11-13-24)25-17-8-6-16(7-9-17)22-20-21-14-15-4-2-3-5-19(15)23-20/h2-9,14,18H,10-13H2,1H3,(H,21,22,23). The maximum Gasteiger partial charge on any atom is 0.227 e. The highest BCUT2D eigenvalue weighted by atomic mass is 16.5. The number of nitrogens with zero attached hydrogens (tertiary/aromatic N) is 3. The summed E-state index contributed by atoms with van der Waals surface area (Å²) >= 11 is 0. The average molecular weight is 334 g/mol. The molecule has 0 aliphatic carbocycles. The molecule has 0 unspecified atom stereocenters. The third kappa shape index (κ3) is 3.88. The zero-order valence-electron chi connectivity index (χ0n) is 14.4. The molecule has 5 heteroatoms. The fourth-order valence-corrected chi connectivity index (χ4v) is 3.07. The lowest BCUT2D eigenvalue weighted by molar-refractivity contribution is 0.114. The zero-order chi connectivity index (χ0) is 17.1. The second-order valence-corrected chi connectivity index (χ2v) is 6.52. The molecule has 4 rings (SSSR count). The highest BCUT2D eigenvalue weighted by Crippen LogP contribution is 2.22. The largest absolute Gasteiger partial charge is 0.490 e. The minimum absolute atomic E-state index is 0.318. The molecule has 0 radical (unpaired) electrons. The minimum Gasteiger partial charge on any atom is -0.490 e. The van der Waals surface area contributed by atoms with Crippen molar-refractivity contribution in [2.45, 2.75) is 18.9 Å². The van der Waals surface area contributed by atoms with Gasteiger partial charge >= 0.3 is 0 Å². The molecule has 128 valence electrons. The number of nitrogens with one attached hydrogen (secondary N) is 1. The van der Waals surface area contributed by atoms with Crippen LogP contribution in [0, 0.1) is 0 Å². The van der Waals surface area contributed by atoms with E-state index in [9.17, 15) is 0 Å². The molecule has 5 nitrogen and oxygen atoms in total. The summed E-state index contributed by atoms with van der Waals surface area (Å²) in [5.74, 6) is 1.52. The summed E-state index contributed by atoms with van der Waals surface area (Å²) in [6.07, 6.45) is 4.32. The molecule has 0 atom stereocenters. The molecule has 1 aromatic heterocycles. The number of para-hydroxylation sites is 1. The van der Waals surface area contributed by atoms with Gasteiger partial charge in [0.1, 0.15) is 11.9 Å². The summed E-state index contributed by atoms with van der Waals surface area (Å²) in [4.78, 5) is 11.2. The number of hydrogen-bond acceptors (Lipinski definition) is 5. The maximum atomic E-state index is 6.08. The Hall–Kier alpha value is -2.66. The Morgan fingerprint density at radius 2 is 1.80 bits per heavy atom. The van der Waals surface area contributed by atoms with Crippen LogP contribution in [-0.4, -0.2) is 41.1 Å². The normalized spacial score (nSPS) is 16.0. The van der Waals surface area contributed by atoms with Gasteiger partial charge in [0.2, 0.25) is 5.95 Å². The summed E-state index contributed by atoms with van der Waals surface area (Å²) in [6.45, 7) is 2.20. The summed E-state index contributed by atoms with van der Waals surface area (Å²) in [6, 6.07) is 16.0. The quantitative estimate of drug-likeness (QED) is 0.785. The molecule has 0 spiro atoms. The Balaban J connectivity index is 1.41. The third-order valence-corrected chi connectivity index (χ3v) is 4.57. The van der Waals surface area contributed by atoms with Gasteiger partial charge in [-0.2, -0.15) is 0 Å². The Morgan fingerprint density at radius 3 is 2.60 bits per heavy atom. The van der Waals surface area contributed by atoms with Gasteiger partial charge in [-0.1, -0.05) is 18.2 Å². The van der Waals surface area contributed by atoms with E-state index in [4.69, 9.17) is 4.74 Å². The summed E-state index contributed by atoms with van der Waals surface area (Å²) in [5, 5.41) is 4.29. The lowest BCUT2D eigenvalue weighted by Gasteiger charge is -2.29. The van der Waals surface area contributed by atoms with E-state index in [1.165, 1.54) is 0 Å². The molecule has 1 aliphatic heterocycles. The molecule has 0 bridgehead atoms. The van der Waals surface area contributed by atoms with Crippen molar-refractivity contribution in [2.75, 3.05) is 25.5 Å². The topological polar surface area (TPSA) is 50.3 Å². The van der Waals surface area contributed by atoms with Crippen molar-refractivity contribution in [3.05, 3.63) is 54.7 Å². The Kier molecular flexibility index (Phi) is 4.48. The second-order valence-electron chi connectivity index (χ2n) is 6.52. The molecule has 1 aliphatic rings. The van der Waals surface area contributed by atoms with Crippen molar-refractivity contribution in [1.82, 2.24) is 14.9 Å². The first-order valence-corrected chi connectivity index (χ1v) is 8.70. The second kappa shape index (κ2) is 7.07. The number of ether oxygens (including phenoxy) is 1. The molecular formula is C20H22N4O. The van der Waals surface area contributed by atoms with Crippen LogP contribution in [0.2, 0.25) is 0 Å². The van der Waals surface area contributed by atoms with Gasteiger partial charge in [0, 0.05) is 30.4 Å². The summed E-state index contributed by atoms with van der Waals surface area (Å²) in [5.41, 5.74) is 1.88. The number of likely N-dealkylation sites (tertiary alicyclic amines) is 1. The first-order chi connectivity index (χ1) is 12.3. The minimum atomic E-state index is 0.318. The number of fused-ring (bicyclic) bond motifs is 1. The first kappa shape index (κ1) is 15.8. The third-order valence-electron chi connectivity index (χ3n) is 4.57. The number of benzene rings is 2. The van der Waals surface area contributed by atoms with Crippen LogP contribution in [0.25, 0.3) is 10.9 Å². The number of piperidine rings is 1. The lowest BCUT2D eigenvalue weighted by Crippen LogP contribution is -2.35. The van der Waals surface area contributed by atoms with E-state index in [-0.39, 0.29) is 0 Å². The highest BCUT2D eigenvalue weighted by Gasteiger charge is 2.17. The molecule has 3 aromatic rings. The first-order valence-electron chi connectivity index (χ1n) is 8.70.